The van der Waals surface area contributed by atoms with Crippen LogP contribution in [0.1, 0.15) is 6.42 Å². The summed E-state index contributed by atoms with van der Waals surface area (Å²) in [6.07, 6.45) is -1.85. The van der Waals surface area contributed by atoms with Gasteiger partial charge in [-0.2, -0.15) is 0 Å². The summed E-state index contributed by atoms with van der Waals surface area (Å²) in [5.74, 6) is -1.69. The van der Waals surface area contributed by atoms with Crippen molar-refractivity contribution in [3.8, 4) is 0 Å². The summed E-state index contributed by atoms with van der Waals surface area (Å²) in [7, 11) is 0. The van der Waals surface area contributed by atoms with E-state index in [1.807, 2.05) is 0 Å². The lowest BCUT2D eigenvalue weighted by molar-refractivity contribution is -0.139. The molecule has 0 aliphatic carbocycles. The molecule has 0 spiro atoms. The Hall–Kier alpha value is -1.03. The summed E-state index contributed by atoms with van der Waals surface area (Å²) in [5.41, 5.74) is 0. The van der Waals surface area contributed by atoms with Crippen LogP contribution in [0.2, 0.25) is 0 Å². The van der Waals surface area contributed by atoms with Gasteiger partial charge in [0, 0.05) is 0 Å². The molecule has 3 N–H and O–H groups in total. The average molecular weight is 132 g/mol. The van der Waals surface area contributed by atoms with E-state index < -0.39 is 24.3 Å². The number of carbonyl (C=O) groups is 1. The molecule has 0 saturated heterocycles. The first kappa shape index (κ1) is 7.97. The first-order valence-electron chi connectivity index (χ1n) is 2.31. The highest BCUT2D eigenvalue weighted by Gasteiger charge is 2.10. The van der Waals surface area contributed by atoms with Gasteiger partial charge in [-0.3, -0.25) is 4.79 Å². The van der Waals surface area contributed by atoms with Gasteiger partial charge in [-0.15, -0.1) is 0 Å². The lowest BCUT2D eigenvalue weighted by Crippen LogP contribution is -2.14. The van der Waals surface area contributed by atoms with Gasteiger partial charge in [-0.05, 0) is 0 Å². The fourth-order valence-corrected chi connectivity index (χ4v) is 0.283. The maximum atomic E-state index is 9.80. The summed E-state index contributed by atoms with van der Waals surface area (Å²) in [6.45, 7) is 2.95. The van der Waals surface area contributed by atoms with Crippen LogP contribution in [-0.4, -0.2) is 27.4 Å². The maximum Gasteiger partial charge on any atom is 0.306 e. The van der Waals surface area contributed by atoms with Gasteiger partial charge in [0.2, 0.25) is 0 Å². The number of hydrogen-bond acceptors (Lipinski definition) is 3. The van der Waals surface area contributed by atoms with E-state index in [-0.39, 0.29) is 0 Å². The minimum Gasteiger partial charge on any atom is -0.510 e. The number of aliphatic hydroxyl groups is 2. The molecule has 0 aliphatic heterocycles. The maximum absolute atomic E-state index is 9.80. The standard InChI is InChI=1S/C5H8O4/c1-3(6)4(7)2-5(8)9/h4,6-7H,1-2H2,(H,8,9)/t4-/m0/s1. The molecule has 0 saturated carbocycles. The van der Waals surface area contributed by atoms with Crippen molar-refractivity contribution in [2.75, 3.05) is 0 Å². The first-order chi connectivity index (χ1) is 4.04. The fraction of sp³-hybridized carbons (Fsp3) is 0.400. The Labute approximate surface area is 52.1 Å². The molecule has 9 heavy (non-hydrogen) atoms. The lowest BCUT2D eigenvalue weighted by Gasteiger charge is -2.02. The second-order valence-corrected chi connectivity index (χ2v) is 1.60. The predicted molar refractivity (Wildman–Crippen MR) is 30.0 cm³/mol. The molecule has 4 heteroatoms. The van der Waals surface area contributed by atoms with Gasteiger partial charge in [0.05, 0.1) is 6.42 Å². The molecule has 0 unspecified atom stereocenters. The highest BCUT2D eigenvalue weighted by atomic mass is 16.4. The van der Waals surface area contributed by atoms with Crippen molar-refractivity contribution >= 4 is 5.97 Å². The van der Waals surface area contributed by atoms with Crippen LogP contribution in [0.15, 0.2) is 12.3 Å². The van der Waals surface area contributed by atoms with Gasteiger partial charge in [0.15, 0.2) is 0 Å². The van der Waals surface area contributed by atoms with Crippen LogP contribution in [0.25, 0.3) is 0 Å². The highest BCUT2D eigenvalue weighted by Crippen LogP contribution is 1.98. The number of aliphatic carboxylic acids is 1. The minimum absolute atomic E-state index is 0.505. The Morgan fingerprint density at radius 3 is 2.11 bits per heavy atom. The quantitative estimate of drug-likeness (QED) is 0.468. The van der Waals surface area contributed by atoms with E-state index >= 15 is 0 Å². The van der Waals surface area contributed by atoms with Gasteiger partial charge < -0.3 is 15.3 Å². The molecular formula is C5H8O4. The van der Waals surface area contributed by atoms with Gasteiger partial charge in [-0.25, -0.2) is 0 Å². The molecule has 0 aromatic heterocycles. The van der Waals surface area contributed by atoms with Gasteiger partial charge in [0.25, 0.3) is 0 Å². The number of rotatable bonds is 3. The largest absolute Gasteiger partial charge is 0.510 e. The molecule has 0 amide bonds. The van der Waals surface area contributed by atoms with E-state index in [1.54, 1.807) is 0 Å². The van der Waals surface area contributed by atoms with Crippen molar-refractivity contribution in [1.29, 1.82) is 0 Å². The Bertz CT molecular complexity index is 129. The zero-order valence-electron chi connectivity index (χ0n) is 4.74. The molecule has 0 fully saturated rings. The smallest absolute Gasteiger partial charge is 0.306 e. The second kappa shape index (κ2) is 3.09. The van der Waals surface area contributed by atoms with Crippen LogP contribution in [-0.2, 0) is 4.79 Å². The normalized spacial score (nSPS) is 12.6. The van der Waals surface area contributed by atoms with Crippen molar-refractivity contribution in [3.05, 3.63) is 12.3 Å². The van der Waals surface area contributed by atoms with Crippen molar-refractivity contribution in [3.63, 3.8) is 0 Å². The third-order valence-corrected chi connectivity index (χ3v) is 0.753. The molecule has 0 bridgehead atoms. The summed E-state index contributed by atoms with van der Waals surface area (Å²) in [4.78, 5) is 9.80. The molecule has 0 heterocycles. The molecule has 4 nitrogen and oxygen atoms in total. The molecule has 0 aromatic rings. The van der Waals surface area contributed by atoms with Crippen molar-refractivity contribution in [2.24, 2.45) is 0 Å². The molecule has 0 rings (SSSR count). The number of carboxylic acids is 1. The Morgan fingerprint density at radius 1 is 1.56 bits per heavy atom. The van der Waals surface area contributed by atoms with E-state index in [0.717, 1.165) is 0 Å². The van der Waals surface area contributed by atoms with E-state index in [0.29, 0.717) is 0 Å². The van der Waals surface area contributed by atoms with Crippen LogP contribution in [0.3, 0.4) is 0 Å². The topological polar surface area (TPSA) is 77.8 Å². The van der Waals surface area contributed by atoms with Gasteiger partial charge in [-0.1, -0.05) is 6.58 Å². The van der Waals surface area contributed by atoms with Crippen LogP contribution in [0.4, 0.5) is 0 Å². The zero-order chi connectivity index (χ0) is 7.44. The SMILES string of the molecule is C=C(O)[C@@H](O)CC(=O)O. The Balaban J connectivity index is 3.63. The molecule has 0 radical (unpaired) electrons. The lowest BCUT2D eigenvalue weighted by atomic mass is 10.2. The monoisotopic (exact) mass is 132 g/mol. The summed E-state index contributed by atoms with van der Waals surface area (Å²) in [6, 6.07) is 0. The van der Waals surface area contributed by atoms with Crippen molar-refractivity contribution in [1.82, 2.24) is 0 Å². The van der Waals surface area contributed by atoms with Crippen molar-refractivity contribution < 1.29 is 20.1 Å². The average Bonchev–Trinajstić information content (AvgIpc) is 1.63. The zero-order valence-corrected chi connectivity index (χ0v) is 4.74. The highest BCUT2D eigenvalue weighted by molar-refractivity contribution is 5.67. The van der Waals surface area contributed by atoms with Crippen molar-refractivity contribution in [2.45, 2.75) is 12.5 Å². The number of aliphatic hydroxyl groups excluding tert-OH is 2. The van der Waals surface area contributed by atoms with Gasteiger partial charge >= 0.3 is 5.97 Å². The third-order valence-electron chi connectivity index (χ3n) is 0.753. The molecular weight excluding hydrogens is 124 g/mol. The summed E-state index contributed by atoms with van der Waals surface area (Å²) in [5, 5.41) is 24.9. The third kappa shape index (κ3) is 3.54. The molecule has 0 aliphatic rings. The number of carboxylic acid groups (broad SMARTS) is 1. The predicted octanol–water partition coefficient (Wildman–Crippen LogP) is -0.106. The second-order valence-electron chi connectivity index (χ2n) is 1.60. The molecule has 52 valence electrons. The molecule has 1 atom stereocenters. The van der Waals surface area contributed by atoms with Crippen LogP contribution < -0.4 is 0 Å². The Morgan fingerprint density at radius 2 is 2.00 bits per heavy atom. The van der Waals surface area contributed by atoms with E-state index in [1.165, 1.54) is 0 Å². The van der Waals surface area contributed by atoms with Crippen LogP contribution in [0.5, 0.6) is 0 Å². The van der Waals surface area contributed by atoms with Crippen LogP contribution >= 0.6 is 0 Å². The summed E-state index contributed by atoms with van der Waals surface area (Å²) < 4.78 is 0. The molecule has 0 aromatic carbocycles. The fourth-order valence-electron chi connectivity index (χ4n) is 0.283. The van der Waals surface area contributed by atoms with E-state index in [2.05, 4.69) is 6.58 Å². The van der Waals surface area contributed by atoms with Crippen LogP contribution in [0, 0.1) is 0 Å². The minimum atomic E-state index is -1.34. The Kier molecular flexibility index (Phi) is 2.73. The van der Waals surface area contributed by atoms with E-state index in [9.17, 15) is 4.79 Å². The first-order valence-corrected chi connectivity index (χ1v) is 2.31. The summed E-state index contributed by atoms with van der Waals surface area (Å²) >= 11 is 0. The number of hydrogen-bond donors (Lipinski definition) is 3. The van der Waals surface area contributed by atoms with E-state index in [4.69, 9.17) is 15.3 Å². The van der Waals surface area contributed by atoms with Gasteiger partial charge in [0.1, 0.15) is 11.9 Å².